The van der Waals surface area contributed by atoms with Gasteiger partial charge in [-0.25, -0.2) is 4.79 Å². The Morgan fingerprint density at radius 1 is 0.818 bits per heavy atom. The predicted molar refractivity (Wildman–Crippen MR) is 260 cm³/mol. The lowest BCUT2D eigenvalue weighted by Crippen LogP contribution is -2.44. The molecule has 3 amide bonds. The van der Waals surface area contributed by atoms with Crippen molar-refractivity contribution < 1.29 is 23.9 Å². The monoisotopic (exact) mass is 914 g/mol. The van der Waals surface area contributed by atoms with E-state index in [4.69, 9.17) is 21.1 Å². The number of methoxy groups -OCH3 is 1. The second kappa shape index (κ2) is 19.3. The van der Waals surface area contributed by atoms with Gasteiger partial charge in [-0.15, -0.1) is 0 Å². The number of fused-ring (bicyclic) bond motifs is 2. The van der Waals surface area contributed by atoms with Gasteiger partial charge >= 0.3 is 5.69 Å². The topological polar surface area (TPSA) is 118 Å². The van der Waals surface area contributed by atoms with Crippen molar-refractivity contribution >= 4 is 51.7 Å². The van der Waals surface area contributed by atoms with E-state index in [0.29, 0.717) is 40.8 Å². The molecule has 1 aliphatic carbocycles. The molecule has 0 radical (unpaired) electrons. The summed E-state index contributed by atoms with van der Waals surface area (Å²) in [5, 5.41) is 3.04. The minimum absolute atomic E-state index is 0.0229. The third-order valence-electron chi connectivity index (χ3n) is 14.7. The Balaban J connectivity index is 0.774. The number of nitrogens with one attached hydrogen (secondary N) is 1. The summed E-state index contributed by atoms with van der Waals surface area (Å²) >= 11 is 6.34. The zero-order valence-electron chi connectivity index (χ0n) is 38.9. The van der Waals surface area contributed by atoms with Crippen LogP contribution in [0.2, 0.25) is 5.02 Å². The molecule has 5 aromatic rings. The molecule has 2 atom stereocenters. The van der Waals surface area contributed by atoms with Gasteiger partial charge in [0.25, 0.3) is 0 Å². The number of anilines is 2. The maximum absolute atomic E-state index is 14.1. The summed E-state index contributed by atoms with van der Waals surface area (Å²) in [4.78, 5) is 58.7. The highest BCUT2D eigenvalue weighted by Crippen LogP contribution is 2.44. The summed E-state index contributed by atoms with van der Waals surface area (Å²) in [5.74, 6) is 1.93. The molecule has 1 aromatic heterocycles. The van der Waals surface area contributed by atoms with Crippen LogP contribution in [0, 0.1) is 11.8 Å². The van der Waals surface area contributed by atoms with Crippen LogP contribution >= 0.6 is 11.6 Å². The molecule has 13 heteroatoms. The van der Waals surface area contributed by atoms with Crippen LogP contribution < -0.4 is 30.3 Å². The van der Waals surface area contributed by atoms with Crippen LogP contribution in [0.1, 0.15) is 106 Å². The van der Waals surface area contributed by atoms with Crippen molar-refractivity contribution in [2.75, 3.05) is 43.6 Å². The number of piperidine rings is 2. The molecule has 1 saturated carbocycles. The average Bonchev–Trinajstić information content (AvgIpc) is 3.56. The molecule has 0 spiro atoms. The Morgan fingerprint density at radius 3 is 2.23 bits per heavy atom. The first-order chi connectivity index (χ1) is 31.8. The Labute approximate surface area is 392 Å². The maximum atomic E-state index is 14.1. The lowest BCUT2D eigenvalue weighted by atomic mass is 9.83. The molecule has 3 aliphatic heterocycles. The van der Waals surface area contributed by atoms with E-state index < -0.39 is 11.9 Å². The van der Waals surface area contributed by atoms with Gasteiger partial charge in [0.15, 0.2) is 11.5 Å². The van der Waals surface area contributed by atoms with E-state index in [0.717, 1.165) is 71.6 Å². The van der Waals surface area contributed by atoms with Gasteiger partial charge in [-0.3, -0.25) is 28.8 Å². The molecule has 4 aromatic carbocycles. The van der Waals surface area contributed by atoms with Crippen LogP contribution in [-0.4, -0.2) is 77.7 Å². The summed E-state index contributed by atoms with van der Waals surface area (Å²) in [6.45, 7) is 7.30. The number of rotatable bonds is 13. The number of amides is 3. The quantitative estimate of drug-likeness (QED) is 0.117. The van der Waals surface area contributed by atoms with Gasteiger partial charge in [-0.05, 0) is 179 Å². The number of halogens is 1. The van der Waals surface area contributed by atoms with Crippen molar-refractivity contribution in [3.63, 3.8) is 0 Å². The smallest absolute Gasteiger partial charge is 0.329 e. The highest BCUT2D eigenvalue weighted by molar-refractivity contribution is 6.30. The molecule has 4 aliphatic rings. The Morgan fingerprint density at radius 2 is 1.55 bits per heavy atom. The highest BCUT2D eigenvalue weighted by atomic mass is 35.5. The number of hydrogen-bond acceptors (Lipinski definition) is 8. The zero-order valence-corrected chi connectivity index (χ0v) is 39.7. The summed E-state index contributed by atoms with van der Waals surface area (Å²) in [5.41, 5.74) is 7.45. The van der Waals surface area contributed by atoms with Gasteiger partial charge < -0.3 is 24.2 Å². The molecule has 0 bridgehead atoms. The third kappa shape index (κ3) is 9.36. The number of likely N-dealkylation sites (tertiary alicyclic amines) is 1. The SMILES string of the molecule is COc1cc2c(cc1OC(C)C)C(c1ccc(Cl)cc1)N(c1ccc(N(C)CC3CCC(N4CCC(CCc5ccc6c(c5)n(C)c(=O)n6C5CCC(=O)NC5=O)CC4)CC3)cc1)C(=O)C2. The first-order valence-corrected chi connectivity index (χ1v) is 24.3. The Hall–Kier alpha value is -5.59. The minimum Gasteiger partial charge on any atom is -0.493 e. The number of imidazole rings is 1. The third-order valence-corrected chi connectivity index (χ3v) is 15.0. The lowest BCUT2D eigenvalue weighted by Gasteiger charge is -2.41. The minimum atomic E-state index is -0.668. The number of carbonyl (C=O) groups excluding carboxylic acids is 3. The number of nitrogens with zero attached hydrogens (tertiary/aromatic N) is 5. The molecular formula is C53H63ClN6O6. The van der Waals surface area contributed by atoms with Gasteiger partial charge in [-0.2, -0.15) is 0 Å². The van der Waals surface area contributed by atoms with E-state index in [1.807, 2.05) is 61.2 Å². The summed E-state index contributed by atoms with van der Waals surface area (Å²) in [6.07, 6.45) is 10.2. The van der Waals surface area contributed by atoms with Crippen LogP contribution in [0.4, 0.5) is 11.4 Å². The van der Waals surface area contributed by atoms with Crippen LogP contribution in [0.15, 0.2) is 83.7 Å². The fourth-order valence-corrected chi connectivity index (χ4v) is 11.3. The number of aromatic nitrogens is 2. The van der Waals surface area contributed by atoms with Crippen molar-refractivity contribution in [1.82, 2.24) is 19.4 Å². The molecule has 1 N–H and O–H groups in total. The van der Waals surface area contributed by atoms with E-state index in [9.17, 15) is 19.2 Å². The van der Waals surface area contributed by atoms with Crippen molar-refractivity contribution in [3.8, 4) is 11.5 Å². The standard InChI is InChI=1S/C53H63ClN6O6/c1-33(2)66-48-31-43-38(29-47(48)65-5)30-50(62)59(51(43)37-11-13-39(54)14-12-37)42-19-17-40(18-20-42)56(3)32-36-8-15-41(16-9-36)58-26-24-34(25-27-58)6-7-35-10-21-44-46(28-35)57(4)53(64)60(44)45-22-23-49(61)55-52(45)63/h10-14,17-21,28-29,31,33-34,36,41,45,51H,6-9,15-16,22-27,30,32H2,1-5H3,(H,55,61,63). The first kappa shape index (κ1) is 45.6. The van der Waals surface area contributed by atoms with Gasteiger partial charge in [0.2, 0.25) is 17.7 Å². The number of imide groups is 1. The summed E-state index contributed by atoms with van der Waals surface area (Å²) in [6, 6.07) is 26.0. The van der Waals surface area contributed by atoms with E-state index in [2.05, 4.69) is 58.6 Å². The molecule has 2 saturated heterocycles. The molecule has 9 rings (SSSR count). The van der Waals surface area contributed by atoms with Crippen LogP contribution in [0.25, 0.3) is 11.0 Å². The van der Waals surface area contributed by atoms with Crippen molar-refractivity contribution in [2.45, 2.75) is 109 Å². The second-order valence-corrected chi connectivity index (χ2v) is 19.8. The molecule has 12 nitrogen and oxygen atoms in total. The van der Waals surface area contributed by atoms with Gasteiger partial charge in [-0.1, -0.05) is 29.8 Å². The van der Waals surface area contributed by atoms with Gasteiger partial charge in [0.1, 0.15) is 6.04 Å². The second-order valence-electron chi connectivity index (χ2n) is 19.4. The zero-order chi connectivity index (χ0) is 46.2. The summed E-state index contributed by atoms with van der Waals surface area (Å²) in [7, 11) is 5.57. The molecular weight excluding hydrogens is 852 g/mol. The van der Waals surface area contributed by atoms with E-state index in [-0.39, 0.29) is 42.5 Å². The highest BCUT2D eigenvalue weighted by Gasteiger charge is 2.37. The number of aryl methyl sites for hydroxylation is 2. The molecule has 4 heterocycles. The number of carbonyl (C=O) groups is 3. The Kier molecular flexibility index (Phi) is 13.3. The fraction of sp³-hybridized carbons (Fsp3) is 0.472. The predicted octanol–water partition coefficient (Wildman–Crippen LogP) is 8.79. The van der Waals surface area contributed by atoms with Crippen LogP contribution in [0.3, 0.4) is 0 Å². The van der Waals surface area contributed by atoms with E-state index in [1.54, 1.807) is 23.3 Å². The maximum Gasteiger partial charge on any atom is 0.329 e. The van der Waals surface area contributed by atoms with Crippen LogP contribution in [0.5, 0.6) is 11.5 Å². The number of benzene rings is 4. The van der Waals surface area contributed by atoms with Gasteiger partial charge in [0.05, 0.1) is 36.7 Å². The number of ether oxygens (including phenoxy) is 2. The molecule has 3 fully saturated rings. The van der Waals surface area contributed by atoms with E-state index in [1.165, 1.54) is 44.1 Å². The summed E-state index contributed by atoms with van der Waals surface area (Å²) < 4.78 is 15.1. The molecule has 348 valence electrons. The molecule has 2 unspecified atom stereocenters. The Bertz CT molecular complexity index is 2640. The van der Waals surface area contributed by atoms with Gasteiger partial charge in [0, 0.05) is 49.5 Å². The van der Waals surface area contributed by atoms with Crippen LogP contribution in [-0.2, 0) is 34.3 Å². The largest absolute Gasteiger partial charge is 0.493 e. The molecule has 66 heavy (non-hydrogen) atoms. The van der Waals surface area contributed by atoms with Crippen molar-refractivity contribution in [2.24, 2.45) is 18.9 Å². The van der Waals surface area contributed by atoms with Crippen molar-refractivity contribution in [1.29, 1.82) is 0 Å². The number of hydrogen-bond donors (Lipinski definition) is 1. The normalized spacial score (nSPS) is 21.9. The lowest BCUT2D eigenvalue weighted by molar-refractivity contribution is -0.135. The average molecular weight is 916 g/mol. The first-order valence-electron chi connectivity index (χ1n) is 23.9. The van der Waals surface area contributed by atoms with E-state index >= 15 is 0 Å². The van der Waals surface area contributed by atoms with Crippen molar-refractivity contribution in [3.05, 3.63) is 117 Å². The fourth-order valence-electron chi connectivity index (χ4n) is 11.2.